The Kier molecular flexibility index (Phi) is 3.97. The van der Waals surface area contributed by atoms with Gasteiger partial charge in [-0.2, -0.15) is 0 Å². The first-order valence-electron chi connectivity index (χ1n) is 5.97. The maximum atomic E-state index is 9.22. The zero-order valence-electron chi connectivity index (χ0n) is 10.5. The monoisotopic (exact) mass is 242 g/mol. The van der Waals surface area contributed by atoms with Crippen LogP contribution in [0.25, 0.3) is 0 Å². The van der Waals surface area contributed by atoms with E-state index in [1.807, 2.05) is 24.3 Å². The van der Waals surface area contributed by atoms with E-state index in [1.54, 1.807) is 17.1 Å². The van der Waals surface area contributed by atoms with Crippen LogP contribution < -0.4 is 5.84 Å². The van der Waals surface area contributed by atoms with Crippen LogP contribution in [0.4, 0.5) is 0 Å². The molecule has 3 heteroatoms. The van der Waals surface area contributed by atoms with Gasteiger partial charge < -0.3 is 5.11 Å². The van der Waals surface area contributed by atoms with Gasteiger partial charge in [0.2, 0.25) is 0 Å². The summed E-state index contributed by atoms with van der Waals surface area (Å²) in [6, 6.07) is 15.3. The molecule has 2 rings (SSSR count). The minimum atomic E-state index is 0.279. The van der Waals surface area contributed by atoms with Crippen molar-refractivity contribution < 1.29 is 5.11 Å². The molecule has 0 bridgehead atoms. The van der Waals surface area contributed by atoms with Gasteiger partial charge in [-0.05, 0) is 35.7 Å². The van der Waals surface area contributed by atoms with Gasteiger partial charge in [-0.3, -0.25) is 5.84 Å². The van der Waals surface area contributed by atoms with Gasteiger partial charge in [-0.15, -0.1) is 0 Å². The Morgan fingerprint density at radius 3 is 2.33 bits per heavy atom. The van der Waals surface area contributed by atoms with E-state index >= 15 is 0 Å². The number of aromatic hydroxyl groups is 1. The number of benzene rings is 2. The van der Waals surface area contributed by atoms with Gasteiger partial charge in [0.15, 0.2) is 0 Å². The van der Waals surface area contributed by atoms with E-state index in [1.165, 1.54) is 11.1 Å². The fourth-order valence-electron chi connectivity index (χ4n) is 1.90. The van der Waals surface area contributed by atoms with Gasteiger partial charge >= 0.3 is 0 Å². The fourth-order valence-corrected chi connectivity index (χ4v) is 1.90. The average Bonchev–Trinajstić information content (AvgIpc) is 2.35. The van der Waals surface area contributed by atoms with E-state index < -0.39 is 0 Å². The van der Waals surface area contributed by atoms with E-state index in [2.05, 4.69) is 19.1 Å². The van der Waals surface area contributed by atoms with Crippen molar-refractivity contribution >= 4 is 0 Å². The molecular weight excluding hydrogens is 224 g/mol. The van der Waals surface area contributed by atoms with Crippen LogP contribution in [0.5, 0.6) is 5.75 Å². The lowest BCUT2D eigenvalue weighted by Crippen LogP contribution is -2.29. The standard InChI is InChI=1S/C15H18N2O/c1-12-4-2-3-5-14(12)11-17(16)10-13-6-8-15(18)9-7-13/h2-9,18H,10-11,16H2,1H3. The number of nitrogens with two attached hydrogens (primary N) is 1. The summed E-state index contributed by atoms with van der Waals surface area (Å²) in [6.07, 6.45) is 0. The predicted octanol–water partition coefficient (Wildman–Crippen LogP) is 2.58. The first-order valence-corrected chi connectivity index (χ1v) is 5.97. The van der Waals surface area contributed by atoms with E-state index in [4.69, 9.17) is 5.84 Å². The third kappa shape index (κ3) is 3.32. The zero-order chi connectivity index (χ0) is 13.0. The molecule has 2 aromatic rings. The molecule has 0 aromatic heterocycles. The van der Waals surface area contributed by atoms with Gasteiger partial charge in [0, 0.05) is 13.1 Å². The van der Waals surface area contributed by atoms with Crippen LogP contribution in [-0.2, 0) is 13.1 Å². The first-order chi connectivity index (χ1) is 8.65. The molecule has 0 fully saturated rings. The van der Waals surface area contributed by atoms with E-state index in [9.17, 15) is 5.11 Å². The number of hydrogen-bond donors (Lipinski definition) is 2. The predicted molar refractivity (Wildman–Crippen MR) is 72.7 cm³/mol. The molecule has 0 aliphatic heterocycles. The Hall–Kier alpha value is -1.84. The van der Waals surface area contributed by atoms with Crippen molar-refractivity contribution in [2.45, 2.75) is 20.0 Å². The smallest absolute Gasteiger partial charge is 0.115 e. The van der Waals surface area contributed by atoms with Crippen molar-refractivity contribution in [2.75, 3.05) is 0 Å². The van der Waals surface area contributed by atoms with Crippen LogP contribution in [-0.4, -0.2) is 10.1 Å². The molecule has 0 saturated carbocycles. The highest BCUT2D eigenvalue weighted by atomic mass is 16.3. The summed E-state index contributed by atoms with van der Waals surface area (Å²) in [5, 5.41) is 11.0. The van der Waals surface area contributed by atoms with Crippen LogP contribution in [0.15, 0.2) is 48.5 Å². The average molecular weight is 242 g/mol. The third-order valence-corrected chi connectivity index (χ3v) is 2.96. The molecule has 0 aliphatic rings. The van der Waals surface area contributed by atoms with Gasteiger partial charge in [-0.1, -0.05) is 36.4 Å². The van der Waals surface area contributed by atoms with Crippen LogP contribution >= 0.6 is 0 Å². The van der Waals surface area contributed by atoms with Crippen molar-refractivity contribution in [1.82, 2.24) is 5.01 Å². The van der Waals surface area contributed by atoms with Crippen molar-refractivity contribution in [3.05, 3.63) is 65.2 Å². The van der Waals surface area contributed by atoms with Crippen molar-refractivity contribution in [1.29, 1.82) is 0 Å². The van der Waals surface area contributed by atoms with Crippen molar-refractivity contribution in [3.8, 4) is 5.75 Å². The summed E-state index contributed by atoms with van der Waals surface area (Å²) in [4.78, 5) is 0. The molecule has 2 aromatic carbocycles. The first kappa shape index (κ1) is 12.6. The van der Waals surface area contributed by atoms with Gasteiger partial charge in [0.25, 0.3) is 0 Å². The highest BCUT2D eigenvalue weighted by molar-refractivity contribution is 5.27. The van der Waals surface area contributed by atoms with Crippen molar-refractivity contribution in [2.24, 2.45) is 5.84 Å². The summed E-state index contributed by atoms with van der Waals surface area (Å²) in [5.74, 6) is 6.29. The summed E-state index contributed by atoms with van der Waals surface area (Å²) < 4.78 is 0. The maximum absolute atomic E-state index is 9.22. The lowest BCUT2D eigenvalue weighted by atomic mass is 10.1. The second-order valence-electron chi connectivity index (χ2n) is 4.50. The number of hydrazine groups is 1. The van der Waals surface area contributed by atoms with Crippen LogP contribution in [0.1, 0.15) is 16.7 Å². The summed E-state index contributed by atoms with van der Waals surface area (Å²) in [5.41, 5.74) is 3.57. The number of nitrogens with zero attached hydrogens (tertiary/aromatic N) is 1. The van der Waals surface area contributed by atoms with Crippen LogP contribution in [0, 0.1) is 6.92 Å². The highest BCUT2D eigenvalue weighted by Gasteiger charge is 2.04. The molecule has 3 nitrogen and oxygen atoms in total. The third-order valence-electron chi connectivity index (χ3n) is 2.96. The molecule has 0 saturated heterocycles. The number of phenolic OH excluding ortho intramolecular Hbond substituents is 1. The Bertz CT molecular complexity index is 508. The summed E-state index contributed by atoms with van der Waals surface area (Å²) in [7, 11) is 0. The minimum Gasteiger partial charge on any atom is -0.508 e. The summed E-state index contributed by atoms with van der Waals surface area (Å²) in [6.45, 7) is 3.46. The lowest BCUT2D eigenvalue weighted by Gasteiger charge is -2.17. The minimum absolute atomic E-state index is 0.279. The molecule has 0 aliphatic carbocycles. The van der Waals surface area contributed by atoms with Crippen LogP contribution in [0.3, 0.4) is 0 Å². The van der Waals surface area contributed by atoms with Gasteiger partial charge in [0.05, 0.1) is 0 Å². The van der Waals surface area contributed by atoms with Gasteiger partial charge in [-0.25, -0.2) is 5.01 Å². The molecule has 94 valence electrons. The number of aryl methyl sites for hydroxylation is 1. The molecule has 0 atom stereocenters. The topological polar surface area (TPSA) is 49.5 Å². The Labute approximate surface area is 107 Å². The number of hydrogen-bond acceptors (Lipinski definition) is 3. The molecule has 0 spiro atoms. The van der Waals surface area contributed by atoms with Crippen molar-refractivity contribution in [3.63, 3.8) is 0 Å². The molecule has 0 unspecified atom stereocenters. The Balaban J connectivity index is 1.99. The molecule has 18 heavy (non-hydrogen) atoms. The number of phenols is 1. The molecule has 0 amide bonds. The van der Waals surface area contributed by atoms with Gasteiger partial charge in [0.1, 0.15) is 5.75 Å². The second-order valence-corrected chi connectivity index (χ2v) is 4.50. The highest BCUT2D eigenvalue weighted by Crippen LogP contribution is 2.13. The van der Waals surface area contributed by atoms with E-state index in [0.29, 0.717) is 13.1 Å². The van der Waals surface area contributed by atoms with E-state index in [-0.39, 0.29) is 5.75 Å². The maximum Gasteiger partial charge on any atom is 0.115 e. The second kappa shape index (κ2) is 5.67. The van der Waals surface area contributed by atoms with E-state index in [0.717, 1.165) is 5.56 Å². The summed E-state index contributed by atoms with van der Waals surface area (Å²) >= 11 is 0. The molecule has 3 N–H and O–H groups in total. The Morgan fingerprint density at radius 2 is 1.67 bits per heavy atom. The Morgan fingerprint density at radius 1 is 1.00 bits per heavy atom. The quantitative estimate of drug-likeness (QED) is 0.640. The SMILES string of the molecule is Cc1ccccc1CN(N)Cc1ccc(O)cc1. The lowest BCUT2D eigenvalue weighted by molar-refractivity contribution is 0.265. The fraction of sp³-hybridized carbons (Fsp3) is 0.200. The molecule has 0 heterocycles. The largest absolute Gasteiger partial charge is 0.508 e. The molecular formula is C15H18N2O. The normalized spacial score (nSPS) is 10.8. The zero-order valence-corrected chi connectivity index (χ0v) is 10.5. The number of rotatable bonds is 4. The molecule has 0 radical (unpaired) electrons. The van der Waals surface area contributed by atoms with Crippen LogP contribution in [0.2, 0.25) is 0 Å².